The molecule has 0 saturated carbocycles. The molecule has 1 unspecified atom stereocenters. The maximum atomic E-state index is 13.2. The second kappa shape index (κ2) is 5.55. The Morgan fingerprint density at radius 3 is 2.62 bits per heavy atom. The Hall–Kier alpha value is -2.37. The molecule has 0 aliphatic carbocycles. The molecule has 3 aromatic rings. The molecule has 2 aromatic carbocycles. The van der Waals surface area contributed by atoms with Crippen LogP contribution in [0.2, 0.25) is 0 Å². The van der Waals surface area contributed by atoms with Crippen molar-refractivity contribution in [2.75, 3.05) is 0 Å². The average molecular weight is 282 g/mol. The van der Waals surface area contributed by atoms with E-state index in [-0.39, 0.29) is 11.9 Å². The zero-order valence-electron chi connectivity index (χ0n) is 11.5. The molecule has 0 aliphatic rings. The summed E-state index contributed by atoms with van der Waals surface area (Å²) in [4.78, 5) is 8.98. The van der Waals surface area contributed by atoms with Gasteiger partial charge in [0.1, 0.15) is 5.82 Å². The number of benzene rings is 2. The highest BCUT2D eigenvalue weighted by Gasteiger charge is 2.17. The third kappa shape index (κ3) is 2.61. The number of nitrogens with one attached hydrogen (secondary N) is 1. The van der Waals surface area contributed by atoms with Crippen molar-refractivity contribution >= 4 is 11.0 Å². The number of nitrogens with zero attached hydrogens (tertiary/aromatic N) is 2. The predicted octanol–water partition coefficient (Wildman–Crippen LogP) is 2.63. The van der Waals surface area contributed by atoms with Crippen molar-refractivity contribution in [1.82, 2.24) is 15.4 Å². The van der Waals surface area contributed by atoms with Crippen molar-refractivity contribution in [2.24, 2.45) is 5.84 Å². The van der Waals surface area contributed by atoms with Crippen LogP contribution < -0.4 is 11.3 Å². The first-order chi connectivity index (χ1) is 10.2. The lowest BCUT2D eigenvalue weighted by Gasteiger charge is -2.18. The second-order valence-electron chi connectivity index (χ2n) is 4.88. The zero-order valence-corrected chi connectivity index (χ0v) is 11.5. The molecule has 0 saturated heterocycles. The van der Waals surface area contributed by atoms with Gasteiger partial charge in [-0.05, 0) is 42.3 Å². The van der Waals surface area contributed by atoms with Gasteiger partial charge in [-0.1, -0.05) is 18.2 Å². The molecular formula is C16H15FN4. The van der Waals surface area contributed by atoms with Crippen LogP contribution in [0, 0.1) is 12.7 Å². The molecular weight excluding hydrogens is 267 g/mol. The minimum absolute atomic E-state index is 0.267. The topological polar surface area (TPSA) is 63.8 Å². The van der Waals surface area contributed by atoms with Crippen LogP contribution in [0.4, 0.5) is 4.39 Å². The van der Waals surface area contributed by atoms with Gasteiger partial charge in [0, 0.05) is 0 Å². The number of para-hydroxylation sites is 2. The largest absolute Gasteiger partial charge is 0.271 e. The van der Waals surface area contributed by atoms with E-state index < -0.39 is 0 Å². The number of hydrogen-bond donors (Lipinski definition) is 2. The number of rotatable bonds is 3. The van der Waals surface area contributed by atoms with E-state index in [1.54, 1.807) is 12.3 Å². The Morgan fingerprint density at radius 1 is 1.14 bits per heavy atom. The van der Waals surface area contributed by atoms with Crippen LogP contribution in [0.15, 0.2) is 48.7 Å². The first-order valence-electron chi connectivity index (χ1n) is 6.63. The molecule has 0 aliphatic heterocycles. The van der Waals surface area contributed by atoms with Crippen molar-refractivity contribution in [3.8, 4) is 0 Å². The Morgan fingerprint density at radius 2 is 1.90 bits per heavy atom. The standard InChI is InChI=1S/C16H15FN4/c1-10-8-11(17)6-7-12(10)16(21-18)15-9-19-13-4-2-3-5-14(13)20-15/h2-9,16,21H,18H2,1H3. The second-order valence-corrected chi connectivity index (χ2v) is 4.88. The summed E-state index contributed by atoms with van der Waals surface area (Å²) in [6, 6.07) is 11.9. The van der Waals surface area contributed by atoms with Gasteiger partial charge in [-0.2, -0.15) is 0 Å². The van der Waals surface area contributed by atoms with Gasteiger partial charge in [0.2, 0.25) is 0 Å². The van der Waals surface area contributed by atoms with E-state index in [0.29, 0.717) is 5.69 Å². The van der Waals surface area contributed by atoms with E-state index in [1.165, 1.54) is 12.1 Å². The monoisotopic (exact) mass is 282 g/mol. The van der Waals surface area contributed by atoms with E-state index in [9.17, 15) is 4.39 Å². The van der Waals surface area contributed by atoms with Gasteiger partial charge in [0.15, 0.2) is 0 Å². The van der Waals surface area contributed by atoms with Crippen LogP contribution in [-0.4, -0.2) is 9.97 Å². The lowest BCUT2D eigenvalue weighted by atomic mass is 9.99. The Balaban J connectivity index is 2.09. The molecule has 21 heavy (non-hydrogen) atoms. The fourth-order valence-corrected chi connectivity index (χ4v) is 2.41. The summed E-state index contributed by atoms with van der Waals surface area (Å²) in [5.74, 6) is 5.41. The fourth-order valence-electron chi connectivity index (χ4n) is 2.41. The van der Waals surface area contributed by atoms with Gasteiger partial charge in [-0.3, -0.25) is 10.8 Å². The van der Waals surface area contributed by atoms with Gasteiger partial charge in [-0.25, -0.2) is 14.8 Å². The summed E-state index contributed by atoms with van der Waals surface area (Å²) in [5.41, 5.74) is 6.75. The van der Waals surface area contributed by atoms with Gasteiger partial charge in [0.05, 0.1) is 29.0 Å². The van der Waals surface area contributed by atoms with E-state index >= 15 is 0 Å². The van der Waals surface area contributed by atoms with Crippen LogP contribution in [0.3, 0.4) is 0 Å². The summed E-state index contributed by atoms with van der Waals surface area (Å²) in [6.45, 7) is 1.84. The molecule has 5 heteroatoms. The summed E-state index contributed by atoms with van der Waals surface area (Å²) in [7, 11) is 0. The molecule has 4 nitrogen and oxygen atoms in total. The van der Waals surface area contributed by atoms with E-state index in [1.807, 2.05) is 31.2 Å². The van der Waals surface area contributed by atoms with Crippen LogP contribution >= 0.6 is 0 Å². The van der Waals surface area contributed by atoms with Gasteiger partial charge in [0.25, 0.3) is 0 Å². The molecule has 0 bridgehead atoms. The molecule has 1 aromatic heterocycles. The Bertz CT molecular complexity index is 788. The minimum atomic E-state index is -0.331. The van der Waals surface area contributed by atoms with Crippen molar-refractivity contribution in [3.05, 3.63) is 71.3 Å². The molecule has 1 atom stereocenters. The van der Waals surface area contributed by atoms with Gasteiger partial charge < -0.3 is 0 Å². The zero-order chi connectivity index (χ0) is 14.8. The smallest absolute Gasteiger partial charge is 0.123 e. The maximum Gasteiger partial charge on any atom is 0.123 e. The average Bonchev–Trinajstić information content (AvgIpc) is 2.50. The van der Waals surface area contributed by atoms with E-state index in [4.69, 9.17) is 5.84 Å². The molecule has 106 valence electrons. The number of aromatic nitrogens is 2. The number of halogens is 1. The SMILES string of the molecule is Cc1cc(F)ccc1C(NN)c1cnc2ccccc2n1. The van der Waals surface area contributed by atoms with Gasteiger partial charge >= 0.3 is 0 Å². The van der Waals surface area contributed by atoms with Gasteiger partial charge in [-0.15, -0.1) is 0 Å². The number of aryl methyl sites for hydroxylation is 1. The maximum absolute atomic E-state index is 13.2. The van der Waals surface area contributed by atoms with Crippen molar-refractivity contribution in [1.29, 1.82) is 0 Å². The lowest BCUT2D eigenvalue weighted by molar-refractivity contribution is 0.604. The van der Waals surface area contributed by atoms with E-state index in [2.05, 4.69) is 15.4 Å². The fraction of sp³-hybridized carbons (Fsp3) is 0.125. The molecule has 3 rings (SSSR count). The highest BCUT2D eigenvalue weighted by Crippen LogP contribution is 2.24. The first-order valence-corrected chi connectivity index (χ1v) is 6.63. The number of hydrogen-bond acceptors (Lipinski definition) is 4. The highest BCUT2D eigenvalue weighted by atomic mass is 19.1. The summed E-state index contributed by atoms with van der Waals surface area (Å²) in [6.07, 6.45) is 1.69. The summed E-state index contributed by atoms with van der Waals surface area (Å²) < 4.78 is 13.2. The van der Waals surface area contributed by atoms with Crippen LogP contribution in [-0.2, 0) is 0 Å². The third-order valence-corrected chi connectivity index (χ3v) is 3.47. The molecule has 0 radical (unpaired) electrons. The minimum Gasteiger partial charge on any atom is -0.271 e. The number of hydrazine groups is 1. The third-order valence-electron chi connectivity index (χ3n) is 3.47. The van der Waals surface area contributed by atoms with Crippen molar-refractivity contribution in [3.63, 3.8) is 0 Å². The molecule has 0 fully saturated rings. The molecule has 0 amide bonds. The summed E-state index contributed by atoms with van der Waals surface area (Å²) in [5, 5.41) is 0. The molecule has 3 N–H and O–H groups in total. The molecule has 0 spiro atoms. The van der Waals surface area contributed by atoms with Crippen LogP contribution in [0.5, 0.6) is 0 Å². The lowest BCUT2D eigenvalue weighted by Crippen LogP contribution is -2.30. The number of nitrogens with two attached hydrogens (primary N) is 1. The normalized spacial score (nSPS) is 12.5. The quantitative estimate of drug-likeness (QED) is 0.572. The molecule has 1 heterocycles. The number of fused-ring (bicyclic) bond motifs is 1. The van der Waals surface area contributed by atoms with Crippen molar-refractivity contribution in [2.45, 2.75) is 13.0 Å². The highest BCUT2D eigenvalue weighted by molar-refractivity contribution is 5.73. The van der Waals surface area contributed by atoms with E-state index in [0.717, 1.165) is 22.2 Å². The first kappa shape index (κ1) is 13.6. The predicted molar refractivity (Wildman–Crippen MR) is 79.8 cm³/mol. The van der Waals surface area contributed by atoms with Crippen LogP contribution in [0.1, 0.15) is 22.9 Å². The summed E-state index contributed by atoms with van der Waals surface area (Å²) >= 11 is 0. The Labute approximate surface area is 121 Å². The Kier molecular flexibility index (Phi) is 3.60. The van der Waals surface area contributed by atoms with Crippen molar-refractivity contribution < 1.29 is 4.39 Å². The van der Waals surface area contributed by atoms with Crippen LogP contribution in [0.25, 0.3) is 11.0 Å².